The minimum Gasteiger partial charge on any atom is -0.304 e. The molecule has 2 heterocycles. The third-order valence-electron chi connectivity index (χ3n) is 6.70. The molecule has 0 aliphatic carbocycles. The van der Waals surface area contributed by atoms with Crippen molar-refractivity contribution in [2.75, 3.05) is 0 Å². The summed E-state index contributed by atoms with van der Waals surface area (Å²) in [5.41, 5.74) is 3.42. The highest BCUT2D eigenvalue weighted by Crippen LogP contribution is 2.27. The highest BCUT2D eigenvalue weighted by Gasteiger charge is 2.34. The molecule has 0 aliphatic rings. The van der Waals surface area contributed by atoms with Crippen LogP contribution in [-0.2, 0) is 29.7 Å². The number of hydrogen-bond acceptors (Lipinski definition) is 7. The summed E-state index contributed by atoms with van der Waals surface area (Å²) < 4.78 is 53.6. The molecule has 5 rings (SSSR count). The molecule has 13 heteroatoms. The van der Waals surface area contributed by atoms with Crippen molar-refractivity contribution >= 4 is 29.6 Å². The van der Waals surface area contributed by atoms with Crippen molar-refractivity contribution < 1.29 is 22.4 Å². The molecule has 0 saturated carbocycles. The number of hydrogen-bond donors (Lipinski definition) is 1. The Morgan fingerprint density at radius 2 is 1.49 bits per heavy atom. The number of nitrogens with zero attached hydrogens (tertiary/aromatic N) is 4. The third-order valence-corrected chi connectivity index (χ3v) is 7.99. The van der Waals surface area contributed by atoms with Crippen molar-refractivity contribution in [1.29, 1.82) is 0 Å². The summed E-state index contributed by atoms with van der Waals surface area (Å²) in [7, 11) is 0. The Bertz CT molecular complexity index is 1820. The normalized spacial score (nSPS) is 12.2. The van der Waals surface area contributed by atoms with Crippen molar-refractivity contribution in [2.45, 2.75) is 36.2 Å². The first-order valence-electron chi connectivity index (χ1n) is 13.5. The van der Waals surface area contributed by atoms with E-state index in [-0.39, 0.29) is 28.5 Å². The smallest absolute Gasteiger partial charge is 0.304 e. The van der Waals surface area contributed by atoms with Crippen molar-refractivity contribution in [3.63, 3.8) is 0 Å². The minimum absolute atomic E-state index is 0.107. The molecule has 0 saturated heterocycles. The van der Waals surface area contributed by atoms with Crippen LogP contribution in [0.3, 0.4) is 0 Å². The fourth-order valence-electron chi connectivity index (χ4n) is 4.35. The van der Waals surface area contributed by atoms with Crippen LogP contribution in [0.4, 0.5) is 17.6 Å². The van der Waals surface area contributed by atoms with E-state index in [0.29, 0.717) is 23.6 Å². The molecule has 45 heavy (non-hydrogen) atoms. The van der Waals surface area contributed by atoms with Gasteiger partial charge in [0.2, 0.25) is 5.82 Å². The predicted molar refractivity (Wildman–Crippen MR) is 163 cm³/mol. The molecule has 1 N–H and O–H groups in total. The summed E-state index contributed by atoms with van der Waals surface area (Å²) >= 11 is 7.17. The number of alkyl halides is 3. The highest BCUT2D eigenvalue weighted by atomic mass is 35.5. The topological polar surface area (TPSA) is 89.8 Å². The summed E-state index contributed by atoms with van der Waals surface area (Å²) in [6, 6.07) is 21.0. The van der Waals surface area contributed by atoms with Gasteiger partial charge in [-0.1, -0.05) is 71.9 Å². The lowest BCUT2D eigenvalue weighted by Gasteiger charge is -2.21. The number of carbonyl (C=O) groups excluding carboxylic acids is 1. The van der Waals surface area contributed by atoms with E-state index < -0.39 is 23.7 Å². The lowest BCUT2D eigenvalue weighted by Crippen LogP contribution is -2.31. The molecule has 0 bridgehead atoms. The molecule has 0 amide bonds. The number of aromatic nitrogens is 4. The second-order valence-corrected chi connectivity index (χ2v) is 11.3. The average Bonchev–Trinajstić information content (AvgIpc) is 3.03. The zero-order valence-electron chi connectivity index (χ0n) is 23.3. The van der Waals surface area contributed by atoms with Crippen molar-refractivity contribution in [3.05, 3.63) is 141 Å². The van der Waals surface area contributed by atoms with E-state index in [1.165, 1.54) is 34.7 Å². The lowest BCUT2D eigenvalue weighted by molar-refractivity contribution is -0.145. The fourth-order valence-corrected chi connectivity index (χ4v) is 5.43. The molecular weight excluding hydrogens is 630 g/mol. The van der Waals surface area contributed by atoms with Gasteiger partial charge in [-0.05, 0) is 52.1 Å². The van der Waals surface area contributed by atoms with Crippen LogP contribution in [0.5, 0.6) is 0 Å². The Labute approximate surface area is 264 Å². The van der Waals surface area contributed by atoms with Gasteiger partial charge in [0, 0.05) is 47.9 Å². The molecule has 230 valence electrons. The van der Waals surface area contributed by atoms with Crippen LogP contribution in [0.15, 0.2) is 101 Å². The molecule has 1 atom stereocenters. The predicted octanol–water partition coefficient (Wildman–Crippen LogP) is 6.88. The van der Waals surface area contributed by atoms with Crippen LogP contribution in [0.25, 0.3) is 11.1 Å². The van der Waals surface area contributed by atoms with Gasteiger partial charge in [-0.3, -0.25) is 14.9 Å². The van der Waals surface area contributed by atoms with Crippen LogP contribution < -0.4 is 10.9 Å². The Kier molecular flexibility index (Phi) is 10.1. The van der Waals surface area contributed by atoms with E-state index in [2.05, 4.69) is 20.3 Å². The van der Waals surface area contributed by atoms with E-state index in [9.17, 15) is 27.2 Å². The van der Waals surface area contributed by atoms with Gasteiger partial charge >= 0.3 is 6.18 Å². The Balaban J connectivity index is 1.39. The van der Waals surface area contributed by atoms with E-state index in [1.807, 2.05) is 48.5 Å². The molecule has 0 spiro atoms. The van der Waals surface area contributed by atoms with E-state index >= 15 is 0 Å². The maximum atomic E-state index is 13.4. The molecule has 2 aromatic heterocycles. The summed E-state index contributed by atoms with van der Waals surface area (Å²) in [5, 5.41) is 4.04. The van der Waals surface area contributed by atoms with Gasteiger partial charge in [-0.15, -0.1) is 0 Å². The van der Waals surface area contributed by atoms with Gasteiger partial charge in [0.15, 0.2) is 11.4 Å². The second-order valence-electron chi connectivity index (χ2n) is 9.93. The third kappa shape index (κ3) is 8.41. The Morgan fingerprint density at radius 3 is 2.09 bits per heavy atom. The van der Waals surface area contributed by atoms with Crippen molar-refractivity contribution in [3.8, 4) is 11.1 Å². The summed E-state index contributed by atoms with van der Waals surface area (Å²) in [6.07, 6.45) is -1.64. The minimum atomic E-state index is -4.70. The molecule has 0 aliphatic heterocycles. The second kappa shape index (κ2) is 14.1. The molecule has 1 unspecified atom stereocenters. The Hall–Kier alpha value is -4.39. The van der Waals surface area contributed by atoms with Crippen LogP contribution in [0.2, 0.25) is 5.02 Å². The molecule has 7 nitrogen and oxygen atoms in total. The molecule has 0 radical (unpaired) electrons. The molecule has 3 aromatic carbocycles. The van der Waals surface area contributed by atoms with Crippen LogP contribution in [-0.4, -0.2) is 25.8 Å². The number of nitrogens with one attached hydrogen (secondary N) is 1. The molecular formula is C32H24ClF4N5O2S. The van der Waals surface area contributed by atoms with Crippen molar-refractivity contribution in [2.24, 2.45) is 0 Å². The van der Waals surface area contributed by atoms with Crippen LogP contribution in [0.1, 0.15) is 34.2 Å². The summed E-state index contributed by atoms with van der Waals surface area (Å²) in [4.78, 5) is 36.3. The lowest BCUT2D eigenvalue weighted by atomic mass is 10.0. The van der Waals surface area contributed by atoms with E-state index in [4.69, 9.17) is 11.6 Å². The first kappa shape index (κ1) is 32.0. The van der Waals surface area contributed by atoms with Gasteiger partial charge in [0.05, 0.1) is 0 Å². The summed E-state index contributed by atoms with van der Waals surface area (Å²) in [5.74, 6) is -1.35. The number of halogens is 5. The number of benzene rings is 3. The van der Waals surface area contributed by atoms with E-state index in [1.54, 1.807) is 12.1 Å². The van der Waals surface area contributed by atoms with Gasteiger partial charge < -0.3 is 4.57 Å². The Morgan fingerprint density at radius 1 is 0.889 bits per heavy atom. The van der Waals surface area contributed by atoms with Crippen molar-refractivity contribution in [1.82, 2.24) is 24.8 Å². The van der Waals surface area contributed by atoms with Gasteiger partial charge in [-0.2, -0.15) is 18.2 Å². The SMILES string of the molecule is O=CC(NCc1ccc(-c2ccc(Cl)cc2)cc1)n1cc(Cc2cnc(C(F)(F)F)nc2)c(=O)nc1SCc1ccc(F)cc1. The number of carbonyl (C=O) groups is 1. The van der Waals surface area contributed by atoms with Crippen LogP contribution in [0, 0.1) is 5.82 Å². The maximum Gasteiger partial charge on any atom is 0.451 e. The van der Waals surface area contributed by atoms with Gasteiger partial charge in [-0.25, -0.2) is 14.4 Å². The van der Waals surface area contributed by atoms with E-state index in [0.717, 1.165) is 34.6 Å². The monoisotopic (exact) mass is 653 g/mol. The number of rotatable bonds is 11. The first-order chi connectivity index (χ1) is 21.6. The molecule has 0 fully saturated rings. The molecule has 5 aromatic rings. The number of thioether (sulfide) groups is 1. The quantitative estimate of drug-likeness (QED) is 0.0719. The first-order valence-corrected chi connectivity index (χ1v) is 14.9. The zero-order valence-corrected chi connectivity index (χ0v) is 24.9. The average molecular weight is 654 g/mol. The maximum absolute atomic E-state index is 13.4. The zero-order chi connectivity index (χ0) is 32.0. The fraction of sp³-hybridized carbons (Fsp3) is 0.156. The highest BCUT2D eigenvalue weighted by molar-refractivity contribution is 7.98. The van der Waals surface area contributed by atoms with Gasteiger partial charge in [0.25, 0.3) is 5.56 Å². The van der Waals surface area contributed by atoms with Gasteiger partial charge in [0.1, 0.15) is 12.0 Å². The standard InChI is InChI=1S/C32H24ClF4N5O2S/c33-26-9-7-24(8-10-26)23-5-1-20(2-6-23)14-38-28(18-43)42-17-25(13-22-15-39-30(40-16-22)32(35,36)37)29(44)41-31(42)45-19-21-3-11-27(34)12-4-21/h1-12,15-18,28,38H,13-14,19H2. The largest absolute Gasteiger partial charge is 0.451 e. The number of aldehydes is 1. The summed E-state index contributed by atoms with van der Waals surface area (Å²) in [6.45, 7) is 0.292. The van der Waals surface area contributed by atoms with Crippen LogP contribution >= 0.6 is 23.4 Å².